The number of rotatable bonds is 9. The van der Waals surface area contributed by atoms with Gasteiger partial charge in [0.1, 0.15) is 12.4 Å². The van der Waals surface area contributed by atoms with Crippen LogP contribution in [0.1, 0.15) is 60.1 Å². The molecule has 0 heterocycles. The number of hydrogen-bond acceptors (Lipinski definition) is 4. The van der Waals surface area contributed by atoms with Crippen LogP contribution in [0.3, 0.4) is 0 Å². The van der Waals surface area contributed by atoms with E-state index in [9.17, 15) is 15.3 Å². The van der Waals surface area contributed by atoms with Gasteiger partial charge in [0.25, 0.3) is 0 Å². The number of hydrogen-bond donors (Lipinski definition) is 3. The van der Waals surface area contributed by atoms with Gasteiger partial charge in [0.15, 0.2) is 0 Å². The van der Waals surface area contributed by atoms with Crippen LogP contribution in [0.2, 0.25) is 0 Å². The van der Waals surface area contributed by atoms with Crippen molar-refractivity contribution in [3.8, 4) is 16.9 Å². The maximum Gasteiger partial charge on any atom is 0.120 e. The standard InChI is InChI=1S/C28H34O4/c1-5-28(31,6-2)25-12-19(3)27(20(4)13-25)22-8-7-9-26(15-22)32-18-21-10-11-23(16-29)24(14-21)17-30/h7-15,29-31H,5-6,16-18H2,1-4H3. The fraction of sp³-hybridized carbons (Fsp3) is 0.357. The number of aryl methyl sites for hydroxylation is 2. The lowest BCUT2D eigenvalue weighted by Gasteiger charge is -2.27. The van der Waals surface area contributed by atoms with E-state index in [1.54, 1.807) is 0 Å². The molecule has 0 radical (unpaired) electrons. The first kappa shape index (κ1) is 24.0. The Balaban J connectivity index is 1.85. The average molecular weight is 435 g/mol. The zero-order chi connectivity index (χ0) is 23.3. The topological polar surface area (TPSA) is 69.9 Å². The SMILES string of the molecule is CCC(O)(CC)c1cc(C)c(-c2cccc(OCc3ccc(CO)c(CO)c3)c2)c(C)c1. The highest BCUT2D eigenvalue weighted by molar-refractivity contribution is 5.72. The van der Waals surface area contributed by atoms with Crippen molar-refractivity contribution in [2.24, 2.45) is 0 Å². The van der Waals surface area contributed by atoms with Crippen molar-refractivity contribution >= 4 is 0 Å². The van der Waals surface area contributed by atoms with E-state index in [2.05, 4.69) is 32.0 Å². The molecule has 3 aromatic carbocycles. The van der Waals surface area contributed by atoms with Crippen LogP contribution in [-0.2, 0) is 25.4 Å². The van der Waals surface area contributed by atoms with E-state index in [-0.39, 0.29) is 13.2 Å². The molecular weight excluding hydrogens is 400 g/mol. The highest BCUT2D eigenvalue weighted by atomic mass is 16.5. The molecular formula is C28H34O4. The van der Waals surface area contributed by atoms with Gasteiger partial charge < -0.3 is 20.1 Å². The van der Waals surface area contributed by atoms with Crippen molar-refractivity contribution in [2.45, 2.75) is 66.0 Å². The molecule has 0 saturated carbocycles. The van der Waals surface area contributed by atoms with Gasteiger partial charge in [-0.05, 0) is 89.4 Å². The Kier molecular flexibility index (Phi) is 7.73. The third-order valence-electron chi connectivity index (χ3n) is 6.38. The number of aliphatic hydroxyl groups excluding tert-OH is 2. The molecule has 0 atom stereocenters. The fourth-order valence-electron chi connectivity index (χ4n) is 4.32. The quantitative estimate of drug-likeness (QED) is 0.413. The van der Waals surface area contributed by atoms with Gasteiger partial charge in [-0.2, -0.15) is 0 Å². The first-order valence-electron chi connectivity index (χ1n) is 11.2. The third kappa shape index (κ3) is 5.04. The molecule has 170 valence electrons. The molecule has 32 heavy (non-hydrogen) atoms. The molecule has 0 aromatic heterocycles. The van der Waals surface area contributed by atoms with E-state index in [1.165, 1.54) is 0 Å². The maximum absolute atomic E-state index is 11.0. The van der Waals surface area contributed by atoms with Gasteiger partial charge in [-0.3, -0.25) is 0 Å². The number of benzene rings is 3. The Morgan fingerprint density at radius 3 is 2.06 bits per heavy atom. The van der Waals surface area contributed by atoms with Crippen molar-refractivity contribution in [1.82, 2.24) is 0 Å². The summed E-state index contributed by atoms with van der Waals surface area (Å²) < 4.78 is 6.04. The van der Waals surface area contributed by atoms with Crippen molar-refractivity contribution in [2.75, 3.05) is 0 Å². The smallest absolute Gasteiger partial charge is 0.120 e. The summed E-state index contributed by atoms with van der Waals surface area (Å²) in [5, 5.41) is 29.8. The van der Waals surface area contributed by atoms with Crippen molar-refractivity contribution < 1.29 is 20.1 Å². The summed E-state index contributed by atoms with van der Waals surface area (Å²) in [5.74, 6) is 0.765. The van der Waals surface area contributed by atoms with E-state index in [0.29, 0.717) is 25.0 Å². The van der Waals surface area contributed by atoms with Crippen LogP contribution in [0.25, 0.3) is 11.1 Å². The Morgan fingerprint density at radius 2 is 1.47 bits per heavy atom. The van der Waals surface area contributed by atoms with Gasteiger partial charge in [-0.15, -0.1) is 0 Å². The minimum atomic E-state index is -0.794. The van der Waals surface area contributed by atoms with Crippen LogP contribution in [0.5, 0.6) is 5.75 Å². The number of ether oxygens (including phenoxy) is 1. The van der Waals surface area contributed by atoms with E-state index in [1.807, 2.05) is 50.2 Å². The van der Waals surface area contributed by atoms with Crippen molar-refractivity contribution in [3.05, 3.63) is 88.0 Å². The largest absolute Gasteiger partial charge is 0.489 e. The summed E-state index contributed by atoms with van der Waals surface area (Å²) >= 11 is 0. The van der Waals surface area contributed by atoms with Crippen LogP contribution < -0.4 is 4.74 Å². The van der Waals surface area contributed by atoms with E-state index >= 15 is 0 Å². The monoisotopic (exact) mass is 434 g/mol. The molecule has 0 saturated heterocycles. The Morgan fingerprint density at radius 1 is 0.812 bits per heavy atom. The minimum Gasteiger partial charge on any atom is -0.489 e. The lowest BCUT2D eigenvalue weighted by Crippen LogP contribution is -2.23. The summed E-state index contributed by atoms with van der Waals surface area (Å²) in [6.45, 7) is 8.38. The van der Waals surface area contributed by atoms with E-state index in [4.69, 9.17) is 4.74 Å². The molecule has 3 N–H and O–H groups in total. The van der Waals surface area contributed by atoms with Crippen molar-refractivity contribution in [1.29, 1.82) is 0 Å². The van der Waals surface area contributed by atoms with Gasteiger partial charge in [-0.25, -0.2) is 0 Å². The summed E-state index contributed by atoms with van der Waals surface area (Å²) in [6.07, 6.45) is 1.37. The first-order chi connectivity index (χ1) is 15.3. The molecule has 0 amide bonds. The Hall–Kier alpha value is -2.66. The molecule has 0 aliphatic carbocycles. The maximum atomic E-state index is 11.0. The predicted molar refractivity (Wildman–Crippen MR) is 128 cm³/mol. The van der Waals surface area contributed by atoms with Gasteiger partial charge in [0, 0.05) is 0 Å². The van der Waals surface area contributed by atoms with E-state index < -0.39 is 5.60 Å². The molecule has 0 spiro atoms. The van der Waals surface area contributed by atoms with Crippen LogP contribution in [0.15, 0.2) is 54.6 Å². The molecule has 4 heteroatoms. The predicted octanol–water partition coefficient (Wildman–Crippen LogP) is 5.54. The zero-order valence-electron chi connectivity index (χ0n) is 19.5. The summed E-state index contributed by atoms with van der Waals surface area (Å²) in [6, 6.07) is 17.8. The van der Waals surface area contributed by atoms with Gasteiger partial charge in [0.2, 0.25) is 0 Å². The molecule has 4 nitrogen and oxygen atoms in total. The zero-order valence-corrected chi connectivity index (χ0v) is 19.5. The lowest BCUT2D eigenvalue weighted by molar-refractivity contribution is 0.0283. The first-order valence-corrected chi connectivity index (χ1v) is 11.2. The normalized spacial score (nSPS) is 11.6. The average Bonchev–Trinajstić information content (AvgIpc) is 2.81. The lowest BCUT2D eigenvalue weighted by atomic mass is 9.84. The van der Waals surface area contributed by atoms with Crippen LogP contribution in [0, 0.1) is 13.8 Å². The van der Waals surface area contributed by atoms with Gasteiger partial charge >= 0.3 is 0 Å². The Labute approximate surface area is 191 Å². The molecule has 0 aliphatic heterocycles. The van der Waals surface area contributed by atoms with Crippen LogP contribution in [-0.4, -0.2) is 15.3 Å². The summed E-state index contributed by atoms with van der Waals surface area (Å²) in [5.41, 5.74) is 7.05. The number of aliphatic hydroxyl groups is 3. The second kappa shape index (κ2) is 10.3. The summed E-state index contributed by atoms with van der Waals surface area (Å²) in [4.78, 5) is 0. The molecule has 0 bridgehead atoms. The minimum absolute atomic E-state index is 0.0928. The van der Waals surface area contributed by atoms with Crippen molar-refractivity contribution in [3.63, 3.8) is 0 Å². The van der Waals surface area contributed by atoms with E-state index in [0.717, 1.165) is 44.7 Å². The Bertz CT molecular complexity index is 1040. The van der Waals surface area contributed by atoms with Gasteiger partial charge in [0.05, 0.1) is 18.8 Å². The molecule has 3 rings (SSSR count). The third-order valence-corrected chi connectivity index (χ3v) is 6.38. The second-order valence-corrected chi connectivity index (χ2v) is 8.46. The molecule has 3 aromatic rings. The van der Waals surface area contributed by atoms with Crippen LogP contribution >= 0.6 is 0 Å². The highest BCUT2D eigenvalue weighted by Crippen LogP contribution is 2.36. The van der Waals surface area contributed by atoms with Gasteiger partial charge in [-0.1, -0.05) is 50.2 Å². The molecule has 0 aliphatic rings. The summed E-state index contributed by atoms with van der Waals surface area (Å²) in [7, 11) is 0. The van der Waals surface area contributed by atoms with Crippen LogP contribution in [0.4, 0.5) is 0 Å². The molecule has 0 fully saturated rings. The molecule has 0 unspecified atom stereocenters. The second-order valence-electron chi connectivity index (χ2n) is 8.46. The fourth-order valence-corrected chi connectivity index (χ4v) is 4.32. The highest BCUT2D eigenvalue weighted by Gasteiger charge is 2.26.